The predicted molar refractivity (Wildman–Crippen MR) is 126 cm³/mol. The molecule has 34 heavy (non-hydrogen) atoms. The Morgan fingerprint density at radius 1 is 1.12 bits per heavy atom. The zero-order valence-corrected chi connectivity index (χ0v) is 20.2. The lowest BCUT2D eigenvalue weighted by Gasteiger charge is -2.35. The smallest absolute Gasteiger partial charge is 0.368 e. The summed E-state index contributed by atoms with van der Waals surface area (Å²) in [5, 5.41) is 0. The maximum absolute atomic E-state index is 13.2. The van der Waals surface area contributed by atoms with Crippen molar-refractivity contribution in [3.8, 4) is 0 Å². The Labute approximate surface area is 202 Å². The molecule has 7 nitrogen and oxygen atoms in total. The second-order valence-corrected chi connectivity index (χ2v) is 9.54. The molecule has 1 aliphatic rings. The molecule has 1 atom stereocenters. The van der Waals surface area contributed by atoms with Gasteiger partial charge in [-0.3, -0.25) is 19.3 Å². The minimum atomic E-state index is -4.84. The Morgan fingerprint density at radius 2 is 1.76 bits per heavy atom. The van der Waals surface area contributed by atoms with Crippen molar-refractivity contribution in [3.63, 3.8) is 0 Å². The summed E-state index contributed by atoms with van der Waals surface area (Å²) in [4.78, 5) is 42.3. The van der Waals surface area contributed by atoms with Gasteiger partial charge in [0.1, 0.15) is 6.04 Å². The molecule has 0 saturated carbocycles. The first kappa shape index (κ1) is 28.1. The summed E-state index contributed by atoms with van der Waals surface area (Å²) in [5.41, 5.74) is 6.67. The van der Waals surface area contributed by atoms with Crippen molar-refractivity contribution in [2.45, 2.75) is 31.5 Å². The average Bonchev–Trinajstić information content (AvgIpc) is 2.78. The molecule has 2 amide bonds. The molecule has 0 aliphatic carbocycles. The highest BCUT2D eigenvalue weighted by Gasteiger charge is 2.37. The number of amides is 2. The Balaban J connectivity index is 1.99. The fourth-order valence-corrected chi connectivity index (χ4v) is 4.58. The number of hydrogen-bond donors (Lipinski definition) is 1. The van der Waals surface area contributed by atoms with E-state index in [-0.39, 0.29) is 24.6 Å². The van der Waals surface area contributed by atoms with Crippen LogP contribution in [0.5, 0.6) is 0 Å². The van der Waals surface area contributed by atoms with Gasteiger partial charge < -0.3 is 15.5 Å². The van der Waals surface area contributed by atoms with E-state index >= 15 is 0 Å². The highest BCUT2D eigenvalue weighted by Crippen LogP contribution is 2.20. The van der Waals surface area contributed by atoms with E-state index in [0.717, 1.165) is 43.5 Å². The number of hydrogen-bond acceptors (Lipinski definition) is 6. The monoisotopic (exact) mass is 502 g/mol. The molecule has 0 aromatic heterocycles. The van der Waals surface area contributed by atoms with Gasteiger partial charge in [0.05, 0.1) is 12.3 Å². The summed E-state index contributed by atoms with van der Waals surface area (Å²) >= 11 is 0.863. The van der Waals surface area contributed by atoms with Crippen LogP contribution in [0.4, 0.5) is 13.2 Å². The molecule has 1 aromatic rings. The van der Waals surface area contributed by atoms with Crippen LogP contribution in [0.3, 0.4) is 0 Å². The second kappa shape index (κ2) is 13.7. The number of halogens is 3. The van der Waals surface area contributed by atoms with Gasteiger partial charge in [0.25, 0.3) is 0 Å². The highest BCUT2D eigenvalue weighted by molar-refractivity contribution is 7.99. The third-order valence-electron chi connectivity index (χ3n) is 5.78. The van der Waals surface area contributed by atoms with Crippen LogP contribution < -0.4 is 5.73 Å². The van der Waals surface area contributed by atoms with Gasteiger partial charge in [0.2, 0.25) is 17.6 Å². The number of rotatable bonds is 13. The molecule has 1 fully saturated rings. The molecule has 1 aromatic carbocycles. The number of piperazine rings is 1. The molecule has 1 heterocycles. The van der Waals surface area contributed by atoms with E-state index in [0.29, 0.717) is 19.4 Å². The number of carbonyl (C=O) groups excluding carboxylic acids is 3. The van der Waals surface area contributed by atoms with Gasteiger partial charge in [-0.25, -0.2) is 0 Å². The number of Topliss-reactive ketones (excluding diaryl/α,β-unsaturated/α-hetero) is 1. The minimum absolute atomic E-state index is 0.182. The normalized spacial score (nSPS) is 16.2. The predicted octanol–water partition coefficient (Wildman–Crippen LogP) is 1.80. The number of ketones is 1. The maximum atomic E-state index is 13.2. The summed E-state index contributed by atoms with van der Waals surface area (Å²) < 4.78 is 37.1. The molecule has 0 unspecified atom stereocenters. The first-order valence-electron chi connectivity index (χ1n) is 11.3. The first-order chi connectivity index (χ1) is 16.1. The third kappa shape index (κ3) is 9.63. The van der Waals surface area contributed by atoms with Crippen LogP contribution in [-0.4, -0.2) is 102 Å². The van der Waals surface area contributed by atoms with Gasteiger partial charge in [-0.2, -0.15) is 24.9 Å². The lowest BCUT2D eigenvalue weighted by Crippen LogP contribution is -2.54. The molecule has 0 spiro atoms. The minimum Gasteiger partial charge on any atom is -0.368 e. The lowest BCUT2D eigenvalue weighted by atomic mass is 10.1. The fraction of sp³-hybridized carbons (Fsp3) is 0.609. The van der Waals surface area contributed by atoms with Crippen molar-refractivity contribution in [1.29, 1.82) is 0 Å². The van der Waals surface area contributed by atoms with Crippen LogP contribution in [-0.2, 0) is 20.8 Å². The molecule has 0 radical (unpaired) electrons. The van der Waals surface area contributed by atoms with Crippen LogP contribution in [0.25, 0.3) is 0 Å². The van der Waals surface area contributed by atoms with Gasteiger partial charge in [-0.1, -0.05) is 30.3 Å². The van der Waals surface area contributed by atoms with E-state index in [1.165, 1.54) is 4.90 Å². The Hall–Kier alpha value is -2.11. The number of carbonyl (C=O) groups is 3. The second-order valence-electron chi connectivity index (χ2n) is 8.44. The topological polar surface area (TPSA) is 86.9 Å². The zero-order valence-electron chi connectivity index (χ0n) is 19.4. The number of primary amides is 1. The summed E-state index contributed by atoms with van der Waals surface area (Å²) in [6.45, 7) is 3.69. The zero-order chi connectivity index (χ0) is 25.1. The van der Waals surface area contributed by atoms with Gasteiger partial charge in [0, 0.05) is 32.7 Å². The van der Waals surface area contributed by atoms with Gasteiger partial charge >= 0.3 is 6.18 Å². The van der Waals surface area contributed by atoms with Crippen molar-refractivity contribution in [2.75, 3.05) is 57.8 Å². The molecule has 190 valence electrons. The molecule has 11 heteroatoms. The van der Waals surface area contributed by atoms with Crippen molar-refractivity contribution < 1.29 is 27.6 Å². The third-order valence-corrected chi connectivity index (χ3v) is 6.82. The average molecular weight is 503 g/mol. The Bertz CT molecular complexity index is 802. The van der Waals surface area contributed by atoms with Crippen molar-refractivity contribution in [2.24, 2.45) is 5.73 Å². The van der Waals surface area contributed by atoms with Gasteiger partial charge in [-0.15, -0.1) is 0 Å². The quantitative estimate of drug-likeness (QED) is 0.414. The number of alkyl halides is 3. The fourth-order valence-electron chi connectivity index (χ4n) is 3.71. The largest absolute Gasteiger partial charge is 0.450 e. The van der Waals surface area contributed by atoms with E-state index in [1.807, 2.05) is 37.4 Å². The van der Waals surface area contributed by atoms with Crippen molar-refractivity contribution in [3.05, 3.63) is 35.9 Å². The van der Waals surface area contributed by atoms with Gasteiger partial charge in [0.15, 0.2) is 0 Å². The van der Waals surface area contributed by atoms with E-state index < -0.39 is 29.7 Å². The number of thioether (sulfide) groups is 1. The standard InChI is InChI=1S/C23H33F3N4O3S/c1-28-11-13-29(14-12-28)16-21(32)30(10-9-18-6-3-2-4-7-18)19(22(27)33)8-5-15-34-17-20(31)23(24,25)26/h2-4,6-7,19H,5,8-17H2,1H3,(H2,27,33)/t19-/m0/s1. The summed E-state index contributed by atoms with van der Waals surface area (Å²) in [5.74, 6) is -3.02. The lowest BCUT2D eigenvalue weighted by molar-refractivity contribution is -0.167. The summed E-state index contributed by atoms with van der Waals surface area (Å²) in [6.07, 6.45) is -3.71. The molecule has 2 N–H and O–H groups in total. The number of nitrogens with zero attached hydrogens (tertiary/aromatic N) is 3. The molecular formula is C23H33F3N4O3S. The Morgan fingerprint density at radius 3 is 2.35 bits per heavy atom. The molecule has 2 rings (SSSR count). The van der Waals surface area contributed by atoms with E-state index in [4.69, 9.17) is 5.73 Å². The van der Waals surface area contributed by atoms with Crippen LogP contribution >= 0.6 is 11.8 Å². The summed E-state index contributed by atoms with van der Waals surface area (Å²) in [6, 6.07) is 8.72. The molecular weight excluding hydrogens is 469 g/mol. The van der Waals surface area contributed by atoms with E-state index in [9.17, 15) is 27.6 Å². The molecule has 1 aliphatic heterocycles. The molecule has 1 saturated heterocycles. The highest BCUT2D eigenvalue weighted by atomic mass is 32.2. The number of likely N-dealkylation sites (N-methyl/N-ethyl adjacent to an activating group) is 1. The van der Waals surface area contributed by atoms with Crippen LogP contribution in [0.15, 0.2) is 30.3 Å². The van der Waals surface area contributed by atoms with Crippen LogP contribution in [0.2, 0.25) is 0 Å². The van der Waals surface area contributed by atoms with Crippen LogP contribution in [0, 0.1) is 0 Å². The van der Waals surface area contributed by atoms with E-state index in [1.54, 1.807) is 0 Å². The summed E-state index contributed by atoms with van der Waals surface area (Å²) in [7, 11) is 2.02. The van der Waals surface area contributed by atoms with Crippen molar-refractivity contribution in [1.82, 2.24) is 14.7 Å². The molecule has 0 bridgehead atoms. The maximum Gasteiger partial charge on any atom is 0.450 e. The SMILES string of the molecule is CN1CCN(CC(=O)N(CCc2ccccc2)[C@@H](CCCSCC(=O)C(F)(F)F)C(N)=O)CC1. The van der Waals surface area contributed by atoms with Crippen molar-refractivity contribution >= 4 is 29.4 Å². The van der Waals surface area contributed by atoms with E-state index in [2.05, 4.69) is 9.80 Å². The van der Waals surface area contributed by atoms with Crippen LogP contribution in [0.1, 0.15) is 18.4 Å². The first-order valence-corrected chi connectivity index (χ1v) is 12.4. The van der Waals surface area contributed by atoms with Gasteiger partial charge in [-0.05, 0) is 37.6 Å². The number of benzene rings is 1. The Kier molecular flexibility index (Phi) is 11.3. The number of nitrogens with two attached hydrogens (primary N) is 1.